The van der Waals surface area contributed by atoms with Gasteiger partial charge >= 0.3 is 0 Å². The number of hydrogen-bond acceptors (Lipinski definition) is 2. The minimum atomic E-state index is -0.180. The lowest BCUT2D eigenvalue weighted by Gasteiger charge is -2.26. The van der Waals surface area contributed by atoms with Crippen LogP contribution in [0.3, 0.4) is 0 Å². The smallest absolute Gasteiger partial charge is 0.127 e. The molecule has 0 saturated carbocycles. The van der Waals surface area contributed by atoms with Gasteiger partial charge in [0.25, 0.3) is 0 Å². The zero-order valence-electron chi connectivity index (χ0n) is 10.9. The molecule has 0 saturated heterocycles. The Morgan fingerprint density at radius 3 is 3.00 bits per heavy atom. The average Bonchev–Trinajstić information content (AvgIpc) is 2.48. The van der Waals surface area contributed by atoms with Crippen molar-refractivity contribution >= 4 is 15.9 Å². The molecule has 1 aliphatic heterocycles. The maximum atomic E-state index is 13.7. The first-order valence-corrected chi connectivity index (χ1v) is 7.42. The van der Waals surface area contributed by atoms with E-state index in [-0.39, 0.29) is 11.9 Å². The van der Waals surface area contributed by atoms with Crippen molar-refractivity contribution in [3.63, 3.8) is 0 Å². The highest BCUT2D eigenvalue weighted by Crippen LogP contribution is 2.31. The SMILES string of the molecule is Fc1ccc(Br)cc1CN[C@H]1CCOc2ccccc21. The first-order valence-electron chi connectivity index (χ1n) is 6.63. The summed E-state index contributed by atoms with van der Waals surface area (Å²) in [6.45, 7) is 1.19. The molecule has 20 heavy (non-hydrogen) atoms. The van der Waals surface area contributed by atoms with Crippen molar-refractivity contribution in [2.75, 3.05) is 6.61 Å². The molecule has 104 valence electrons. The molecule has 0 amide bonds. The van der Waals surface area contributed by atoms with Crippen LogP contribution in [0, 0.1) is 5.82 Å². The molecular weight excluding hydrogens is 321 g/mol. The minimum Gasteiger partial charge on any atom is -0.493 e. The number of nitrogens with one attached hydrogen (secondary N) is 1. The second kappa shape index (κ2) is 5.94. The van der Waals surface area contributed by atoms with Gasteiger partial charge in [-0.05, 0) is 24.3 Å². The van der Waals surface area contributed by atoms with Crippen LogP contribution in [-0.2, 0) is 6.54 Å². The van der Waals surface area contributed by atoms with E-state index in [2.05, 4.69) is 27.3 Å². The third-order valence-corrected chi connectivity index (χ3v) is 4.00. The van der Waals surface area contributed by atoms with E-state index in [9.17, 15) is 4.39 Å². The van der Waals surface area contributed by atoms with Gasteiger partial charge in [0.2, 0.25) is 0 Å². The highest BCUT2D eigenvalue weighted by molar-refractivity contribution is 9.10. The Morgan fingerprint density at radius 2 is 2.10 bits per heavy atom. The molecule has 0 radical (unpaired) electrons. The van der Waals surface area contributed by atoms with E-state index in [4.69, 9.17) is 4.74 Å². The highest BCUT2D eigenvalue weighted by atomic mass is 79.9. The summed E-state index contributed by atoms with van der Waals surface area (Å²) in [5.74, 6) is 0.743. The van der Waals surface area contributed by atoms with Crippen LogP contribution >= 0.6 is 15.9 Å². The Bertz CT molecular complexity index is 617. The van der Waals surface area contributed by atoms with Crippen LogP contribution in [0.4, 0.5) is 4.39 Å². The number of halogens is 2. The van der Waals surface area contributed by atoms with Gasteiger partial charge < -0.3 is 10.1 Å². The fourth-order valence-electron chi connectivity index (χ4n) is 2.47. The molecule has 0 aliphatic carbocycles. The summed E-state index contributed by atoms with van der Waals surface area (Å²) >= 11 is 3.37. The van der Waals surface area contributed by atoms with E-state index >= 15 is 0 Å². The summed E-state index contributed by atoms with van der Waals surface area (Å²) < 4.78 is 20.3. The zero-order chi connectivity index (χ0) is 13.9. The number of para-hydroxylation sites is 1. The van der Waals surface area contributed by atoms with Crippen molar-refractivity contribution in [3.8, 4) is 5.75 Å². The Kier molecular flexibility index (Phi) is 4.03. The molecule has 3 rings (SSSR count). The largest absolute Gasteiger partial charge is 0.493 e. The summed E-state index contributed by atoms with van der Waals surface area (Å²) in [7, 11) is 0. The Labute approximate surface area is 126 Å². The van der Waals surface area contributed by atoms with Crippen molar-refractivity contribution in [3.05, 3.63) is 63.9 Å². The monoisotopic (exact) mass is 335 g/mol. The fraction of sp³-hybridized carbons (Fsp3) is 0.250. The second-order valence-electron chi connectivity index (χ2n) is 4.84. The predicted octanol–water partition coefficient (Wildman–Crippen LogP) is 4.20. The number of ether oxygens (including phenoxy) is 1. The molecule has 0 bridgehead atoms. The van der Waals surface area contributed by atoms with Crippen LogP contribution in [0.25, 0.3) is 0 Å². The summed E-state index contributed by atoms with van der Waals surface area (Å²) in [4.78, 5) is 0. The second-order valence-corrected chi connectivity index (χ2v) is 5.76. The van der Waals surface area contributed by atoms with Crippen LogP contribution in [-0.4, -0.2) is 6.61 Å². The third kappa shape index (κ3) is 2.86. The molecule has 1 aliphatic rings. The summed E-state index contributed by atoms with van der Waals surface area (Å²) in [5, 5.41) is 3.42. The molecule has 1 N–H and O–H groups in total. The maximum Gasteiger partial charge on any atom is 0.127 e. The number of rotatable bonds is 3. The lowest BCUT2D eigenvalue weighted by atomic mass is 10.0. The standard InChI is InChI=1S/C16H15BrFNO/c17-12-5-6-14(18)11(9-12)10-19-15-7-8-20-16-4-2-1-3-13(15)16/h1-6,9,15,19H,7-8,10H2/t15-/m0/s1. The normalized spacial score (nSPS) is 17.4. The summed E-state index contributed by atoms with van der Waals surface area (Å²) in [5.41, 5.74) is 1.82. The Hall–Kier alpha value is -1.39. The summed E-state index contributed by atoms with van der Waals surface area (Å²) in [6.07, 6.45) is 0.895. The van der Waals surface area contributed by atoms with Crippen molar-refractivity contribution in [1.29, 1.82) is 0 Å². The van der Waals surface area contributed by atoms with Gasteiger partial charge in [0.1, 0.15) is 11.6 Å². The number of fused-ring (bicyclic) bond motifs is 1. The van der Waals surface area contributed by atoms with E-state index < -0.39 is 0 Å². The first kappa shape index (κ1) is 13.6. The predicted molar refractivity (Wildman–Crippen MR) is 80.2 cm³/mol. The van der Waals surface area contributed by atoms with Crippen LogP contribution < -0.4 is 10.1 Å². The topological polar surface area (TPSA) is 21.3 Å². The third-order valence-electron chi connectivity index (χ3n) is 3.51. The van der Waals surface area contributed by atoms with Gasteiger partial charge in [-0.15, -0.1) is 0 Å². The zero-order valence-corrected chi connectivity index (χ0v) is 12.5. The van der Waals surface area contributed by atoms with Crippen molar-refractivity contribution < 1.29 is 9.13 Å². The molecule has 0 spiro atoms. The van der Waals surface area contributed by atoms with Gasteiger partial charge in [0.05, 0.1) is 6.61 Å². The van der Waals surface area contributed by atoms with Gasteiger partial charge in [0, 0.05) is 34.6 Å². The van der Waals surface area contributed by atoms with Crippen LogP contribution in [0.15, 0.2) is 46.9 Å². The van der Waals surface area contributed by atoms with Crippen LogP contribution in [0.1, 0.15) is 23.6 Å². The molecule has 2 nitrogen and oxygen atoms in total. The van der Waals surface area contributed by atoms with E-state index in [1.54, 1.807) is 6.07 Å². The van der Waals surface area contributed by atoms with Gasteiger partial charge in [-0.3, -0.25) is 0 Å². The molecule has 1 atom stereocenters. The molecule has 2 aromatic rings. The molecule has 0 unspecified atom stereocenters. The minimum absolute atomic E-state index is 0.180. The van der Waals surface area contributed by atoms with Crippen LogP contribution in [0.5, 0.6) is 5.75 Å². The van der Waals surface area contributed by atoms with E-state index in [1.807, 2.05) is 24.3 Å². The molecule has 0 fully saturated rings. The van der Waals surface area contributed by atoms with E-state index in [0.29, 0.717) is 18.7 Å². The van der Waals surface area contributed by atoms with E-state index in [0.717, 1.165) is 22.2 Å². The van der Waals surface area contributed by atoms with E-state index in [1.165, 1.54) is 6.07 Å². The van der Waals surface area contributed by atoms with Crippen molar-refractivity contribution in [1.82, 2.24) is 5.32 Å². The van der Waals surface area contributed by atoms with Gasteiger partial charge in [-0.1, -0.05) is 34.1 Å². The number of benzene rings is 2. The summed E-state index contributed by atoms with van der Waals surface area (Å²) in [6, 6.07) is 13.2. The van der Waals surface area contributed by atoms with Gasteiger partial charge in [-0.2, -0.15) is 0 Å². The van der Waals surface area contributed by atoms with Crippen LogP contribution in [0.2, 0.25) is 0 Å². The molecule has 2 aromatic carbocycles. The van der Waals surface area contributed by atoms with Crippen molar-refractivity contribution in [2.45, 2.75) is 19.0 Å². The van der Waals surface area contributed by atoms with Gasteiger partial charge in [-0.25, -0.2) is 4.39 Å². The quantitative estimate of drug-likeness (QED) is 0.907. The lowest BCUT2D eigenvalue weighted by Crippen LogP contribution is -2.27. The molecule has 0 aromatic heterocycles. The molecule has 4 heteroatoms. The average molecular weight is 336 g/mol. The maximum absolute atomic E-state index is 13.7. The molecule has 1 heterocycles. The first-order chi connectivity index (χ1) is 9.74. The Balaban J connectivity index is 1.75. The Morgan fingerprint density at radius 1 is 1.25 bits per heavy atom. The van der Waals surface area contributed by atoms with Gasteiger partial charge in [0.15, 0.2) is 0 Å². The number of hydrogen-bond donors (Lipinski definition) is 1. The molecular formula is C16H15BrFNO. The van der Waals surface area contributed by atoms with Crippen molar-refractivity contribution in [2.24, 2.45) is 0 Å². The fourth-order valence-corrected chi connectivity index (χ4v) is 2.87. The highest BCUT2D eigenvalue weighted by Gasteiger charge is 2.20. The lowest BCUT2D eigenvalue weighted by molar-refractivity contribution is 0.252.